The van der Waals surface area contributed by atoms with E-state index in [0.29, 0.717) is 6.07 Å². The first-order chi connectivity index (χ1) is 8.31. The average Bonchev–Trinajstić information content (AvgIpc) is 2.21. The Hall–Kier alpha value is -1.79. The lowest BCUT2D eigenvalue weighted by atomic mass is 10.2. The highest BCUT2D eigenvalue weighted by Gasteiger charge is 2.19. The van der Waals surface area contributed by atoms with E-state index in [1.54, 1.807) is 0 Å². The summed E-state index contributed by atoms with van der Waals surface area (Å²) >= 11 is 0. The second kappa shape index (κ2) is 5.70. The van der Waals surface area contributed by atoms with Gasteiger partial charge in [0.1, 0.15) is 0 Å². The number of aromatic nitrogens is 1. The van der Waals surface area contributed by atoms with Crippen molar-refractivity contribution in [3.63, 3.8) is 0 Å². The minimum Gasteiger partial charge on any atom is -0.368 e. The number of hydrogen-bond donors (Lipinski definition) is 1. The first kappa shape index (κ1) is 14.3. The van der Waals surface area contributed by atoms with Crippen LogP contribution in [0.3, 0.4) is 0 Å². The molecule has 1 heterocycles. The Morgan fingerprint density at radius 3 is 2.50 bits per heavy atom. The van der Waals surface area contributed by atoms with Gasteiger partial charge in [-0.25, -0.2) is 8.78 Å². The van der Waals surface area contributed by atoms with Gasteiger partial charge in [-0.3, -0.25) is 4.79 Å². The molecular formula is C11H14F3N3O. The predicted molar refractivity (Wildman–Crippen MR) is 60.4 cm³/mol. The molecule has 4 nitrogen and oxygen atoms in total. The summed E-state index contributed by atoms with van der Waals surface area (Å²) in [6.07, 6.45) is 0. The molecule has 0 aliphatic rings. The molecule has 7 heteroatoms. The van der Waals surface area contributed by atoms with Gasteiger partial charge >= 0.3 is 0 Å². The normalized spacial score (nSPS) is 10.8. The highest BCUT2D eigenvalue weighted by Crippen LogP contribution is 2.19. The van der Waals surface area contributed by atoms with Crippen LogP contribution in [0.15, 0.2) is 6.07 Å². The summed E-state index contributed by atoms with van der Waals surface area (Å²) in [5.74, 6) is -4.87. The van der Waals surface area contributed by atoms with Crippen molar-refractivity contribution in [1.29, 1.82) is 0 Å². The summed E-state index contributed by atoms with van der Waals surface area (Å²) in [5.41, 5.74) is 5.03. The van der Waals surface area contributed by atoms with Crippen molar-refractivity contribution >= 4 is 11.7 Å². The molecule has 1 aromatic rings. The summed E-state index contributed by atoms with van der Waals surface area (Å²) in [5, 5.41) is 0. The highest BCUT2D eigenvalue weighted by molar-refractivity contribution is 5.79. The largest absolute Gasteiger partial charge is 0.368 e. The van der Waals surface area contributed by atoms with Crippen molar-refractivity contribution in [1.82, 2.24) is 4.98 Å². The van der Waals surface area contributed by atoms with E-state index in [1.165, 1.54) is 4.90 Å². The Kier molecular flexibility index (Phi) is 4.52. The van der Waals surface area contributed by atoms with Crippen LogP contribution in [0.5, 0.6) is 0 Å². The molecule has 0 saturated carbocycles. The number of carbonyl (C=O) groups is 1. The van der Waals surface area contributed by atoms with E-state index in [9.17, 15) is 18.0 Å². The first-order valence-electron chi connectivity index (χ1n) is 5.36. The quantitative estimate of drug-likeness (QED) is 0.816. The third kappa shape index (κ3) is 3.61. The van der Waals surface area contributed by atoms with Crippen molar-refractivity contribution in [3.05, 3.63) is 23.6 Å². The third-order valence-corrected chi connectivity index (χ3v) is 2.10. The van der Waals surface area contributed by atoms with Gasteiger partial charge in [-0.2, -0.15) is 9.37 Å². The molecule has 0 bridgehead atoms. The zero-order chi connectivity index (χ0) is 13.9. The maximum atomic E-state index is 13.5. The van der Waals surface area contributed by atoms with Gasteiger partial charge in [-0.05, 0) is 5.92 Å². The van der Waals surface area contributed by atoms with Crippen molar-refractivity contribution in [2.75, 3.05) is 18.0 Å². The number of rotatable bonds is 5. The van der Waals surface area contributed by atoms with Crippen LogP contribution in [0.2, 0.25) is 0 Å². The van der Waals surface area contributed by atoms with Crippen LogP contribution in [0.1, 0.15) is 13.8 Å². The Labute approximate surface area is 103 Å². The van der Waals surface area contributed by atoms with Gasteiger partial charge in [-0.1, -0.05) is 13.8 Å². The monoisotopic (exact) mass is 261 g/mol. The number of nitrogens with zero attached hydrogens (tertiary/aromatic N) is 2. The number of carbonyl (C=O) groups excluding carboxylic acids is 1. The summed E-state index contributed by atoms with van der Waals surface area (Å²) in [7, 11) is 0. The topological polar surface area (TPSA) is 59.2 Å². The number of anilines is 1. The summed E-state index contributed by atoms with van der Waals surface area (Å²) in [6, 6.07) is 0.395. The molecule has 1 rings (SSSR count). The van der Waals surface area contributed by atoms with E-state index >= 15 is 0 Å². The van der Waals surface area contributed by atoms with E-state index < -0.39 is 29.3 Å². The van der Waals surface area contributed by atoms with Gasteiger partial charge in [0, 0.05) is 12.6 Å². The molecule has 100 valence electrons. The van der Waals surface area contributed by atoms with Crippen LogP contribution >= 0.6 is 0 Å². The fraction of sp³-hybridized carbons (Fsp3) is 0.455. The zero-order valence-corrected chi connectivity index (χ0v) is 10.1. The molecule has 1 aromatic heterocycles. The summed E-state index contributed by atoms with van der Waals surface area (Å²) in [4.78, 5) is 15.3. The molecule has 0 spiro atoms. The Balaban J connectivity index is 3.11. The molecule has 0 atom stereocenters. The maximum Gasteiger partial charge on any atom is 0.251 e. The van der Waals surface area contributed by atoms with Crippen molar-refractivity contribution in [2.45, 2.75) is 13.8 Å². The van der Waals surface area contributed by atoms with Crippen LogP contribution in [-0.4, -0.2) is 24.0 Å². The van der Waals surface area contributed by atoms with Crippen molar-refractivity contribution < 1.29 is 18.0 Å². The zero-order valence-electron chi connectivity index (χ0n) is 10.1. The SMILES string of the molecule is CC(C)CN(CC(N)=O)c1nc(F)c(F)cc1F. The van der Waals surface area contributed by atoms with E-state index in [2.05, 4.69) is 4.98 Å². The third-order valence-electron chi connectivity index (χ3n) is 2.10. The standard InChI is InChI=1S/C11H14F3N3O/c1-6(2)4-17(5-9(15)18)11-8(13)3-7(12)10(14)16-11/h3,6H,4-5H2,1-2H3,(H2,15,18). The molecule has 0 aromatic carbocycles. The molecule has 18 heavy (non-hydrogen) atoms. The average molecular weight is 261 g/mol. The molecular weight excluding hydrogens is 247 g/mol. The molecule has 0 radical (unpaired) electrons. The van der Waals surface area contributed by atoms with Gasteiger partial charge in [-0.15, -0.1) is 0 Å². The van der Waals surface area contributed by atoms with Crippen LogP contribution in [0.25, 0.3) is 0 Å². The number of amides is 1. The lowest BCUT2D eigenvalue weighted by Gasteiger charge is -2.24. The van der Waals surface area contributed by atoms with E-state index in [1.807, 2.05) is 13.8 Å². The predicted octanol–water partition coefficient (Wildman–Crippen LogP) is 1.45. The number of nitrogens with two attached hydrogens (primary N) is 1. The number of hydrogen-bond acceptors (Lipinski definition) is 3. The second-order valence-electron chi connectivity index (χ2n) is 4.31. The molecule has 0 aliphatic heterocycles. The molecule has 1 amide bonds. The molecule has 0 unspecified atom stereocenters. The minimum atomic E-state index is -1.41. The number of pyridine rings is 1. The fourth-order valence-electron chi connectivity index (χ4n) is 1.51. The van der Waals surface area contributed by atoms with Gasteiger partial charge < -0.3 is 10.6 Å². The smallest absolute Gasteiger partial charge is 0.251 e. The fourth-order valence-corrected chi connectivity index (χ4v) is 1.51. The van der Waals surface area contributed by atoms with Gasteiger partial charge in [0.05, 0.1) is 6.54 Å². The Morgan fingerprint density at radius 2 is 2.00 bits per heavy atom. The molecule has 2 N–H and O–H groups in total. The second-order valence-corrected chi connectivity index (χ2v) is 4.31. The van der Waals surface area contributed by atoms with Gasteiger partial charge in [0.25, 0.3) is 5.95 Å². The maximum absolute atomic E-state index is 13.5. The lowest BCUT2D eigenvalue weighted by Crippen LogP contribution is -2.37. The molecule has 0 fully saturated rings. The Morgan fingerprint density at radius 1 is 1.39 bits per heavy atom. The van der Waals surface area contributed by atoms with Crippen LogP contribution in [-0.2, 0) is 4.79 Å². The van der Waals surface area contributed by atoms with E-state index in [4.69, 9.17) is 5.73 Å². The van der Waals surface area contributed by atoms with Crippen LogP contribution < -0.4 is 10.6 Å². The molecule has 0 saturated heterocycles. The van der Waals surface area contributed by atoms with Crippen molar-refractivity contribution in [3.8, 4) is 0 Å². The van der Waals surface area contributed by atoms with E-state index in [-0.39, 0.29) is 19.0 Å². The van der Waals surface area contributed by atoms with Gasteiger partial charge in [0.2, 0.25) is 5.91 Å². The van der Waals surface area contributed by atoms with Gasteiger partial charge in [0.15, 0.2) is 17.5 Å². The first-order valence-corrected chi connectivity index (χ1v) is 5.36. The lowest BCUT2D eigenvalue weighted by molar-refractivity contribution is -0.116. The van der Waals surface area contributed by atoms with Crippen molar-refractivity contribution in [2.24, 2.45) is 11.7 Å². The minimum absolute atomic E-state index is 0.0682. The number of primary amides is 1. The van der Waals surface area contributed by atoms with E-state index in [0.717, 1.165) is 0 Å². The summed E-state index contributed by atoms with van der Waals surface area (Å²) < 4.78 is 39.3. The summed E-state index contributed by atoms with van der Waals surface area (Å²) in [6.45, 7) is 3.59. The van der Waals surface area contributed by atoms with Crippen LogP contribution in [0.4, 0.5) is 19.0 Å². The Bertz CT molecular complexity index is 451. The van der Waals surface area contributed by atoms with Crippen LogP contribution in [0, 0.1) is 23.5 Å². The molecule has 0 aliphatic carbocycles. The number of halogens is 3. The highest BCUT2D eigenvalue weighted by atomic mass is 19.2.